The molecule has 0 saturated heterocycles. The lowest BCUT2D eigenvalue weighted by Crippen LogP contribution is -2.33. The van der Waals surface area contributed by atoms with Crippen LogP contribution in [-0.4, -0.2) is 16.9 Å². The molecule has 0 aliphatic carbocycles. The molecular weight excluding hydrogens is 418 g/mol. The Morgan fingerprint density at radius 2 is 1.56 bits per heavy atom. The van der Waals surface area contributed by atoms with Gasteiger partial charge in [0, 0.05) is 11.8 Å². The van der Waals surface area contributed by atoms with Crippen LogP contribution in [0, 0.1) is 20.8 Å². The van der Waals surface area contributed by atoms with E-state index in [1.807, 2.05) is 63.2 Å². The van der Waals surface area contributed by atoms with Crippen molar-refractivity contribution in [3.05, 3.63) is 101 Å². The van der Waals surface area contributed by atoms with E-state index >= 15 is 0 Å². The minimum Gasteiger partial charge on any atom is -0.332 e. The molecule has 0 saturated carbocycles. The number of hydrogen-bond acceptors (Lipinski definition) is 3. The van der Waals surface area contributed by atoms with Crippen molar-refractivity contribution in [2.24, 2.45) is 0 Å². The topological polar surface area (TPSA) is 70.2 Å². The second-order valence-electron chi connectivity index (χ2n) is 7.49. The lowest BCUT2D eigenvalue weighted by Gasteiger charge is -2.13. The molecule has 0 unspecified atom stereocenters. The van der Waals surface area contributed by atoms with E-state index in [0.29, 0.717) is 16.9 Å². The maximum Gasteiger partial charge on any atom is 0.257 e. The molecule has 0 aliphatic rings. The Bertz CT molecular complexity index is 1180. The van der Waals surface area contributed by atoms with Crippen LogP contribution in [0.3, 0.4) is 0 Å². The zero-order valence-electron chi connectivity index (χ0n) is 18.2. The largest absolute Gasteiger partial charge is 0.332 e. The summed E-state index contributed by atoms with van der Waals surface area (Å²) in [4.78, 5) is 25.0. The highest BCUT2D eigenvalue weighted by Crippen LogP contribution is 2.19. The molecule has 0 aromatic heterocycles. The molecule has 32 heavy (non-hydrogen) atoms. The number of thiocarbonyl (C=S) groups is 1. The van der Waals surface area contributed by atoms with Crippen LogP contribution in [0.5, 0.6) is 0 Å². The van der Waals surface area contributed by atoms with Crippen LogP contribution < -0.4 is 16.0 Å². The number of carbonyl (C=O) groups excluding carboxylic acids is 2. The minimum absolute atomic E-state index is 0.106. The zero-order chi connectivity index (χ0) is 23.1. The normalized spacial score (nSPS) is 10.6. The van der Waals surface area contributed by atoms with Crippen molar-refractivity contribution in [1.29, 1.82) is 0 Å². The number of carbonyl (C=O) groups is 2. The number of anilines is 2. The standard InChI is InChI=1S/C26H25N3O2S/c1-17-8-11-20(12-9-17)13-15-24(30)29-26(32)28-23-7-5-4-6-22(23)25(31)27-21-14-10-18(2)19(3)16-21/h4-16H,1-3H3,(H,27,31)(H2,28,29,30,32)/b15-13+. The highest BCUT2D eigenvalue weighted by atomic mass is 32.1. The predicted molar refractivity (Wildman–Crippen MR) is 135 cm³/mol. The molecule has 0 aliphatic heterocycles. The second kappa shape index (κ2) is 10.5. The third-order valence-corrected chi connectivity index (χ3v) is 5.13. The summed E-state index contributed by atoms with van der Waals surface area (Å²) in [6, 6.07) is 20.5. The fourth-order valence-corrected chi connectivity index (χ4v) is 3.17. The van der Waals surface area contributed by atoms with Crippen LogP contribution >= 0.6 is 12.2 Å². The molecule has 3 N–H and O–H groups in total. The lowest BCUT2D eigenvalue weighted by atomic mass is 10.1. The van der Waals surface area contributed by atoms with Gasteiger partial charge < -0.3 is 10.6 Å². The van der Waals surface area contributed by atoms with Crippen molar-refractivity contribution in [3.63, 3.8) is 0 Å². The molecule has 0 radical (unpaired) electrons. The molecule has 6 heteroatoms. The van der Waals surface area contributed by atoms with Crippen LogP contribution in [-0.2, 0) is 4.79 Å². The molecule has 3 aromatic carbocycles. The van der Waals surface area contributed by atoms with E-state index in [2.05, 4.69) is 16.0 Å². The average molecular weight is 444 g/mol. The highest BCUT2D eigenvalue weighted by Gasteiger charge is 2.13. The van der Waals surface area contributed by atoms with E-state index in [4.69, 9.17) is 12.2 Å². The summed E-state index contributed by atoms with van der Waals surface area (Å²) in [6.07, 6.45) is 3.12. The third kappa shape index (κ3) is 6.36. The van der Waals surface area contributed by atoms with Crippen LogP contribution in [0.15, 0.2) is 72.8 Å². The highest BCUT2D eigenvalue weighted by molar-refractivity contribution is 7.80. The summed E-state index contributed by atoms with van der Waals surface area (Å²) in [7, 11) is 0. The fraction of sp³-hybridized carbons (Fsp3) is 0.115. The van der Waals surface area contributed by atoms with Crippen molar-refractivity contribution in [1.82, 2.24) is 5.32 Å². The molecule has 3 rings (SSSR count). The predicted octanol–water partition coefficient (Wildman–Crippen LogP) is 5.39. The first-order valence-electron chi connectivity index (χ1n) is 10.2. The monoisotopic (exact) mass is 443 g/mol. The van der Waals surface area contributed by atoms with E-state index < -0.39 is 0 Å². The fourth-order valence-electron chi connectivity index (χ4n) is 2.96. The van der Waals surface area contributed by atoms with Gasteiger partial charge in [0.25, 0.3) is 5.91 Å². The van der Waals surface area contributed by atoms with Gasteiger partial charge in [-0.25, -0.2) is 0 Å². The van der Waals surface area contributed by atoms with Crippen molar-refractivity contribution >= 4 is 46.6 Å². The molecule has 3 aromatic rings. The van der Waals surface area contributed by atoms with Crippen molar-refractivity contribution in [2.45, 2.75) is 20.8 Å². The number of amides is 2. The van der Waals surface area contributed by atoms with Crippen molar-refractivity contribution < 1.29 is 9.59 Å². The maximum atomic E-state index is 12.8. The van der Waals surface area contributed by atoms with Crippen LogP contribution in [0.4, 0.5) is 11.4 Å². The number of benzene rings is 3. The molecule has 0 heterocycles. The van der Waals surface area contributed by atoms with Gasteiger partial charge in [-0.3, -0.25) is 14.9 Å². The lowest BCUT2D eigenvalue weighted by molar-refractivity contribution is -0.115. The van der Waals surface area contributed by atoms with Crippen molar-refractivity contribution in [3.8, 4) is 0 Å². The molecule has 5 nitrogen and oxygen atoms in total. The number of para-hydroxylation sites is 1. The zero-order valence-corrected chi connectivity index (χ0v) is 19.0. The van der Waals surface area contributed by atoms with Gasteiger partial charge in [-0.05, 0) is 80.0 Å². The van der Waals surface area contributed by atoms with E-state index in [-0.39, 0.29) is 16.9 Å². The number of rotatable bonds is 5. The van der Waals surface area contributed by atoms with Crippen molar-refractivity contribution in [2.75, 3.05) is 10.6 Å². The number of aryl methyl sites for hydroxylation is 3. The smallest absolute Gasteiger partial charge is 0.257 e. The molecule has 0 bridgehead atoms. The maximum absolute atomic E-state index is 12.8. The van der Waals surface area contributed by atoms with Crippen LogP contribution in [0.1, 0.15) is 32.6 Å². The molecule has 0 fully saturated rings. The Hall–Kier alpha value is -3.77. The Labute approximate surface area is 193 Å². The summed E-state index contributed by atoms with van der Waals surface area (Å²) in [5, 5.41) is 8.55. The molecule has 0 atom stereocenters. The Morgan fingerprint density at radius 1 is 0.844 bits per heavy atom. The Balaban J connectivity index is 1.63. The molecular formula is C26H25N3O2S. The quantitative estimate of drug-likeness (QED) is 0.365. The molecule has 162 valence electrons. The van der Waals surface area contributed by atoms with Gasteiger partial charge in [0.1, 0.15) is 0 Å². The van der Waals surface area contributed by atoms with Crippen LogP contribution in [0.2, 0.25) is 0 Å². The summed E-state index contributed by atoms with van der Waals surface area (Å²) >= 11 is 5.26. The minimum atomic E-state index is -0.361. The average Bonchev–Trinajstić information content (AvgIpc) is 2.76. The first kappa shape index (κ1) is 22.9. The van der Waals surface area contributed by atoms with Gasteiger partial charge in [-0.1, -0.05) is 48.0 Å². The van der Waals surface area contributed by atoms with Crippen LogP contribution in [0.25, 0.3) is 6.08 Å². The summed E-state index contributed by atoms with van der Waals surface area (Å²) in [6.45, 7) is 6.02. The van der Waals surface area contributed by atoms with E-state index in [1.165, 1.54) is 6.08 Å². The van der Waals surface area contributed by atoms with Gasteiger partial charge in [-0.15, -0.1) is 0 Å². The van der Waals surface area contributed by atoms with E-state index in [1.54, 1.807) is 30.3 Å². The summed E-state index contributed by atoms with van der Waals surface area (Å²) in [5.74, 6) is -0.634. The van der Waals surface area contributed by atoms with Gasteiger partial charge in [0.2, 0.25) is 5.91 Å². The Kier molecular flexibility index (Phi) is 7.52. The summed E-state index contributed by atoms with van der Waals surface area (Å²) < 4.78 is 0. The van der Waals surface area contributed by atoms with E-state index in [9.17, 15) is 9.59 Å². The van der Waals surface area contributed by atoms with Gasteiger partial charge >= 0.3 is 0 Å². The Morgan fingerprint density at radius 3 is 2.28 bits per heavy atom. The molecule has 0 spiro atoms. The summed E-state index contributed by atoms with van der Waals surface area (Å²) in [5.41, 5.74) is 5.94. The van der Waals surface area contributed by atoms with Gasteiger partial charge in [0.15, 0.2) is 5.11 Å². The number of nitrogens with one attached hydrogen (secondary N) is 3. The first-order valence-corrected chi connectivity index (χ1v) is 10.6. The van der Waals surface area contributed by atoms with E-state index in [0.717, 1.165) is 22.3 Å². The number of hydrogen-bond donors (Lipinski definition) is 3. The van der Waals surface area contributed by atoms with Gasteiger partial charge in [-0.2, -0.15) is 0 Å². The third-order valence-electron chi connectivity index (χ3n) is 4.93. The molecule has 2 amide bonds. The SMILES string of the molecule is Cc1ccc(/C=C/C(=O)NC(=S)Nc2ccccc2C(=O)Nc2ccc(C)c(C)c2)cc1. The second-order valence-corrected chi connectivity index (χ2v) is 7.89. The first-order chi connectivity index (χ1) is 15.3. The van der Waals surface area contributed by atoms with Gasteiger partial charge in [0.05, 0.1) is 11.3 Å².